The highest BCUT2D eigenvalue weighted by molar-refractivity contribution is 5.76. The summed E-state index contributed by atoms with van der Waals surface area (Å²) in [6.45, 7) is 8.24. The number of hydrogen-bond acceptors (Lipinski definition) is 2. The normalized spacial score (nSPS) is 20.5. The highest BCUT2D eigenvalue weighted by Crippen LogP contribution is 2.35. The maximum Gasteiger partial charge on any atom is 0.312 e. The zero-order valence-electron chi connectivity index (χ0n) is 11.3. The number of ether oxygens (including phenoxy) is 1. The van der Waals surface area contributed by atoms with Gasteiger partial charge in [-0.3, -0.25) is 4.79 Å². The first-order chi connectivity index (χ1) is 7.46. The van der Waals surface area contributed by atoms with E-state index in [2.05, 4.69) is 20.8 Å². The highest BCUT2D eigenvalue weighted by Gasteiger charge is 2.37. The molecule has 0 radical (unpaired) electrons. The van der Waals surface area contributed by atoms with Crippen molar-refractivity contribution < 1.29 is 9.53 Å². The monoisotopic (exact) mass is 226 g/mol. The van der Waals surface area contributed by atoms with Gasteiger partial charge >= 0.3 is 5.97 Å². The Morgan fingerprint density at radius 1 is 1.19 bits per heavy atom. The third-order valence-corrected chi connectivity index (χ3v) is 4.30. The molecule has 0 N–H and O–H groups in total. The molecule has 0 aromatic carbocycles. The molecule has 1 aliphatic carbocycles. The van der Waals surface area contributed by atoms with E-state index in [9.17, 15) is 4.79 Å². The first-order valence-corrected chi connectivity index (χ1v) is 6.69. The van der Waals surface area contributed by atoms with Gasteiger partial charge in [0.25, 0.3) is 0 Å². The van der Waals surface area contributed by atoms with Gasteiger partial charge in [-0.1, -0.05) is 20.3 Å². The third kappa shape index (κ3) is 2.99. The van der Waals surface area contributed by atoms with Gasteiger partial charge in [-0.15, -0.1) is 0 Å². The van der Waals surface area contributed by atoms with Crippen molar-refractivity contribution in [1.82, 2.24) is 0 Å². The summed E-state index contributed by atoms with van der Waals surface area (Å²) in [5, 5.41) is 0. The van der Waals surface area contributed by atoms with Crippen LogP contribution < -0.4 is 0 Å². The Morgan fingerprint density at radius 3 is 2.12 bits per heavy atom. The SMILES string of the molecule is CCC(C)(CC)C(=O)OC1(C)CCCCC1. The summed E-state index contributed by atoms with van der Waals surface area (Å²) in [5.41, 5.74) is -0.485. The molecule has 1 fully saturated rings. The minimum absolute atomic E-state index is 0.00176. The van der Waals surface area contributed by atoms with Crippen LogP contribution in [0.15, 0.2) is 0 Å². The summed E-state index contributed by atoms with van der Waals surface area (Å²) >= 11 is 0. The molecule has 0 aromatic rings. The van der Waals surface area contributed by atoms with E-state index in [4.69, 9.17) is 4.74 Å². The molecule has 0 saturated heterocycles. The highest BCUT2D eigenvalue weighted by atomic mass is 16.6. The first kappa shape index (κ1) is 13.5. The van der Waals surface area contributed by atoms with E-state index < -0.39 is 0 Å². The zero-order chi connectivity index (χ0) is 12.2. The van der Waals surface area contributed by atoms with Crippen LogP contribution in [0.1, 0.15) is 72.6 Å². The van der Waals surface area contributed by atoms with Gasteiger partial charge < -0.3 is 4.74 Å². The number of carbonyl (C=O) groups excluding carboxylic acids is 1. The number of rotatable bonds is 4. The fourth-order valence-corrected chi connectivity index (χ4v) is 2.29. The lowest BCUT2D eigenvalue weighted by atomic mass is 9.83. The van der Waals surface area contributed by atoms with E-state index >= 15 is 0 Å². The second kappa shape index (κ2) is 5.20. The van der Waals surface area contributed by atoms with Crippen LogP contribution in [0.2, 0.25) is 0 Å². The van der Waals surface area contributed by atoms with Crippen molar-refractivity contribution >= 4 is 5.97 Å². The molecule has 0 bridgehead atoms. The molecule has 2 heteroatoms. The van der Waals surface area contributed by atoms with Crippen LogP contribution in [0.25, 0.3) is 0 Å². The van der Waals surface area contributed by atoms with E-state index in [0.717, 1.165) is 25.7 Å². The summed E-state index contributed by atoms with van der Waals surface area (Å²) in [5.74, 6) is 0.00176. The fraction of sp³-hybridized carbons (Fsp3) is 0.929. The second-order valence-corrected chi connectivity index (χ2v) is 5.67. The predicted molar refractivity (Wildman–Crippen MR) is 66.3 cm³/mol. The van der Waals surface area contributed by atoms with Crippen molar-refractivity contribution in [3.8, 4) is 0 Å². The summed E-state index contributed by atoms with van der Waals surface area (Å²) in [6.07, 6.45) is 7.45. The first-order valence-electron chi connectivity index (χ1n) is 6.69. The topological polar surface area (TPSA) is 26.3 Å². The van der Waals surface area contributed by atoms with Gasteiger partial charge in [0.1, 0.15) is 5.60 Å². The number of esters is 1. The summed E-state index contributed by atoms with van der Waals surface area (Å²) in [6, 6.07) is 0. The van der Waals surface area contributed by atoms with Gasteiger partial charge in [-0.25, -0.2) is 0 Å². The van der Waals surface area contributed by atoms with E-state index in [1.165, 1.54) is 19.3 Å². The lowest BCUT2D eigenvalue weighted by molar-refractivity contribution is -0.173. The lowest BCUT2D eigenvalue weighted by Gasteiger charge is -2.36. The largest absolute Gasteiger partial charge is 0.459 e. The molecule has 1 saturated carbocycles. The molecular weight excluding hydrogens is 200 g/mol. The zero-order valence-corrected chi connectivity index (χ0v) is 11.3. The Bertz CT molecular complexity index is 235. The molecule has 0 spiro atoms. The van der Waals surface area contributed by atoms with Crippen molar-refractivity contribution in [2.24, 2.45) is 5.41 Å². The van der Waals surface area contributed by atoms with Gasteiger partial charge in [-0.2, -0.15) is 0 Å². The molecule has 0 amide bonds. The second-order valence-electron chi connectivity index (χ2n) is 5.67. The van der Waals surface area contributed by atoms with Gasteiger partial charge in [-0.05, 0) is 52.4 Å². The molecule has 1 rings (SSSR count). The van der Waals surface area contributed by atoms with Crippen LogP contribution >= 0.6 is 0 Å². The summed E-state index contributed by atoms with van der Waals surface area (Å²) in [4.78, 5) is 12.2. The van der Waals surface area contributed by atoms with Crippen molar-refractivity contribution in [2.75, 3.05) is 0 Å². The minimum Gasteiger partial charge on any atom is -0.459 e. The third-order valence-electron chi connectivity index (χ3n) is 4.30. The van der Waals surface area contributed by atoms with Crippen molar-refractivity contribution in [3.05, 3.63) is 0 Å². The summed E-state index contributed by atoms with van der Waals surface area (Å²) in [7, 11) is 0. The Morgan fingerprint density at radius 2 is 1.69 bits per heavy atom. The van der Waals surface area contributed by atoms with E-state index in [1.807, 2.05) is 6.92 Å². The quantitative estimate of drug-likeness (QED) is 0.675. The maximum atomic E-state index is 12.2. The lowest BCUT2D eigenvalue weighted by Crippen LogP contribution is -2.39. The molecule has 1 aliphatic rings. The van der Waals surface area contributed by atoms with Gasteiger partial charge in [0.05, 0.1) is 5.41 Å². The van der Waals surface area contributed by atoms with Crippen molar-refractivity contribution in [2.45, 2.75) is 78.2 Å². The average Bonchev–Trinajstić information content (AvgIpc) is 2.28. The standard InChI is InChI=1S/C14H26O2/c1-5-13(3,6-2)12(15)16-14(4)10-8-7-9-11-14/h5-11H2,1-4H3. The Balaban J connectivity index is 2.62. The van der Waals surface area contributed by atoms with Crippen molar-refractivity contribution in [3.63, 3.8) is 0 Å². The molecule has 16 heavy (non-hydrogen) atoms. The smallest absolute Gasteiger partial charge is 0.312 e. The Hall–Kier alpha value is -0.530. The molecule has 0 heterocycles. The van der Waals surface area contributed by atoms with Gasteiger partial charge in [0, 0.05) is 0 Å². The van der Waals surface area contributed by atoms with Crippen molar-refractivity contribution in [1.29, 1.82) is 0 Å². The summed E-state index contributed by atoms with van der Waals surface area (Å²) < 4.78 is 5.79. The number of carbonyl (C=O) groups is 1. The maximum absolute atomic E-state index is 12.2. The molecule has 94 valence electrons. The van der Waals surface area contributed by atoms with Crippen LogP contribution in [0.4, 0.5) is 0 Å². The molecular formula is C14H26O2. The molecule has 0 aliphatic heterocycles. The average molecular weight is 226 g/mol. The van der Waals surface area contributed by atoms with E-state index in [1.54, 1.807) is 0 Å². The van der Waals surface area contributed by atoms with Gasteiger partial charge in [0.15, 0.2) is 0 Å². The number of hydrogen-bond donors (Lipinski definition) is 0. The van der Waals surface area contributed by atoms with Crippen LogP contribution in [-0.2, 0) is 9.53 Å². The minimum atomic E-state index is -0.291. The Labute approximate surface area is 99.8 Å². The molecule has 0 unspecified atom stereocenters. The van der Waals surface area contributed by atoms with Crippen LogP contribution in [-0.4, -0.2) is 11.6 Å². The molecule has 0 aromatic heterocycles. The Kier molecular flexibility index (Phi) is 4.40. The van der Waals surface area contributed by atoms with Crippen LogP contribution in [0, 0.1) is 5.41 Å². The fourth-order valence-electron chi connectivity index (χ4n) is 2.29. The van der Waals surface area contributed by atoms with E-state index in [0.29, 0.717) is 0 Å². The molecule has 0 atom stereocenters. The molecule has 2 nitrogen and oxygen atoms in total. The van der Waals surface area contributed by atoms with Crippen LogP contribution in [0.3, 0.4) is 0 Å². The predicted octanol–water partition coefficient (Wildman–Crippen LogP) is 4.08. The van der Waals surface area contributed by atoms with Gasteiger partial charge in [0.2, 0.25) is 0 Å². The van der Waals surface area contributed by atoms with Crippen LogP contribution in [0.5, 0.6) is 0 Å². The van der Waals surface area contributed by atoms with E-state index in [-0.39, 0.29) is 17.0 Å².